The first-order valence-corrected chi connectivity index (χ1v) is 7.73. The zero-order chi connectivity index (χ0) is 14.8. The Morgan fingerprint density at radius 1 is 1.43 bits per heavy atom. The maximum Gasteiger partial charge on any atom is 0.128 e. The zero-order valence-electron chi connectivity index (χ0n) is 12.7. The van der Waals surface area contributed by atoms with E-state index in [1.54, 1.807) is 12.4 Å². The number of aromatic nitrogens is 2. The van der Waals surface area contributed by atoms with Crippen molar-refractivity contribution in [2.75, 3.05) is 13.1 Å². The van der Waals surface area contributed by atoms with Gasteiger partial charge in [-0.15, -0.1) is 0 Å². The molecule has 112 valence electrons. The number of rotatable bonds is 4. The van der Waals surface area contributed by atoms with Crippen molar-refractivity contribution < 1.29 is 4.39 Å². The van der Waals surface area contributed by atoms with Crippen LogP contribution in [0.2, 0.25) is 0 Å². The average molecular weight is 287 g/mol. The Bertz CT molecular complexity index is 620. The van der Waals surface area contributed by atoms with E-state index in [0.717, 1.165) is 54.9 Å². The van der Waals surface area contributed by atoms with E-state index in [9.17, 15) is 4.39 Å². The Kier molecular flexibility index (Phi) is 4.06. The van der Waals surface area contributed by atoms with Crippen LogP contribution in [0.5, 0.6) is 0 Å². The number of halogens is 1. The number of fused-ring (bicyclic) bond motifs is 1. The van der Waals surface area contributed by atoms with Crippen molar-refractivity contribution in [3.05, 3.63) is 52.9 Å². The van der Waals surface area contributed by atoms with Gasteiger partial charge in [0.15, 0.2) is 0 Å². The van der Waals surface area contributed by atoms with E-state index in [-0.39, 0.29) is 11.9 Å². The lowest BCUT2D eigenvalue weighted by Crippen LogP contribution is -2.37. The van der Waals surface area contributed by atoms with Gasteiger partial charge in [0.2, 0.25) is 0 Å². The Morgan fingerprint density at radius 2 is 2.29 bits per heavy atom. The predicted octanol–water partition coefficient (Wildman–Crippen LogP) is 3.60. The third-order valence-corrected chi connectivity index (χ3v) is 4.27. The van der Waals surface area contributed by atoms with Crippen molar-refractivity contribution in [1.29, 1.82) is 0 Å². The highest BCUT2D eigenvalue weighted by atomic mass is 19.1. The molecule has 0 saturated heterocycles. The molecular weight excluding hydrogens is 265 g/mol. The van der Waals surface area contributed by atoms with Gasteiger partial charge >= 0.3 is 0 Å². The summed E-state index contributed by atoms with van der Waals surface area (Å²) in [5.74, 6) is -0.136. The van der Waals surface area contributed by atoms with E-state index in [1.807, 2.05) is 19.1 Å². The molecule has 1 atom stereocenters. The molecule has 21 heavy (non-hydrogen) atoms. The smallest absolute Gasteiger partial charge is 0.128 e. The summed E-state index contributed by atoms with van der Waals surface area (Å²) in [5.41, 5.74) is 3.97. The van der Waals surface area contributed by atoms with Crippen LogP contribution in [0.15, 0.2) is 24.5 Å². The van der Waals surface area contributed by atoms with Gasteiger partial charge in [-0.05, 0) is 26.0 Å². The second-order valence-electron chi connectivity index (χ2n) is 5.83. The molecule has 0 saturated carbocycles. The third kappa shape index (κ3) is 2.72. The van der Waals surface area contributed by atoms with Crippen LogP contribution in [0, 0.1) is 12.7 Å². The number of hydrogen-bond donors (Lipinski definition) is 1. The fourth-order valence-corrected chi connectivity index (χ4v) is 3.14. The fourth-order valence-electron chi connectivity index (χ4n) is 3.14. The summed E-state index contributed by atoms with van der Waals surface area (Å²) < 4.78 is 14.4. The van der Waals surface area contributed by atoms with Crippen LogP contribution in [-0.2, 0) is 6.42 Å². The maximum absolute atomic E-state index is 14.4. The van der Waals surface area contributed by atoms with Gasteiger partial charge in [0, 0.05) is 24.2 Å². The minimum atomic E-state index is -0.136. The lowest BCUT2D eigenvalue weighted by molar-refractivity contribution is 0.202. The first kappa shape index (κ1) is 14.3. The topological polar surface area (TPSA) is 31.9 Å². The molecule has 0 bridgehead atoms. The molecule has 2 aromatic rings. The van der Waals surface area contributed by atoms with E-state index < -0.39 is 0 Å². The van der Waals surface area contributed by atoms with Crippen molar-refractivity contribution in [3.63, 3.8) is 0 Å². The molecule has 1 aromatic carbocycles. The van der Waals surface area contributed by atoms with E-state index in [1.165, 1.54) is 0 Å². The quantitative estimate of drug-likeness (QED) is 0.931. The van der Waals surface area contributed by atoms with Crippen LogP contribution in [0.1, 0.15) is 48.3 Å². The van der Waals surface area contributed by atoms with Crippen molar-refractivity contribution in [1.82, 2.24) is 14.9 Å². The van der Waals surface area contributed by atoms with E-state index in [2.05, 4.69) is 21.8 Å². The maximum atomic E-state index is 14.4. The van der Waals surface area contributed by atoms with Gasteiger partial charge in [0.05, 0.1) is 18.1 Å². The van der Waals surface area contributed by atoms with Gasteiger partial charge in [0.25, 0.3) is 0 Å². The number of benzene rings is 1. The molecule has 4 heteroatoms. The Labute approximate surface area is 125 Å². The molecule has 1 aliphatic heterocycles. The van der Waals surface area contributed by atoms with Crippen LogP contribution < -0.4 is 0 Å². The third-order valence-electron chi connectivity index (χ3n) is 4.27. The lowest BCUT2D eigenvalue weighted by atomic mass is 9.94. The minimum Gasteiger partial charge on any atom is -0.348 e. The van der Waals surface area contributed by atoms with E-state index >= 15 is 0 Å². The number of unbranched alkanes of at least 4 members (excludes halogenated alkanes) is 1. The second kappa shape index (κ2) is 5.98. The molecule has 0 fully saturated rings. The van der Waals surface area contributed by atoms with Crippen LogP contribution in [0.25, 0.3) is 0 Å². The van der Waals surface area contributed by atoms with Crippen molar-refractivity contribution >= 4 is 0 Å². The molecule has 0 unspecified atom stereocenters. The number of imidazole rings is 1. The summed E-state index contributed by atoms with van der Waals surface area (Å²) in [6.45, 7) is 6.13. The molecular formula is C17H22FN3. The van der Waals surface area contributed by atoms with Gasteiger partial charge in [-0.3, -0.25) is 4.90 Å². The number of nitrogens with one attached hydrogen (secondary N) is 1. The van der Waals surface area contributed by atoms with E-state index in [4.69, 9.17) is 0 Å². The average Bonchev–Trinajstić information content (AvgIpc) is 2.95. The summed E-state index contributed by atoms with van der Waals surface area (Å²) >= 11 is 0. The van der Waals surface area contributed by atoms with Crippen LogP contribution >= 0.6 is 0 Å². The minimum absolute atomic E-state index is 0.0635. The highest BCUT2D eigenvalue weighted by molar-refractivity contribution is 5.35. The van der Waals surface area contributed by atoms with E-state index in [0.29, 0.717) is 0 Å². The molecule has 0 aliphatic carbocycles. The molecule has 0 spiro atoms. The molecule has 0 amide bonds. The number of H-pyrrole nitrogens is 1. The number of aromatic amines is 1. The van der Waals surface area contributed by atoms with Gasteiger partial charge < -0.3 is 4.98 Å². The molecule has 0 radical (unpaired) electrons. The van der Waals surface area contributed by atoms with Crippen molar-refractivity contribution in [2.24, 2.45) is 0 Å². The Morgan fingerprint density at radius 3 is 3.10 bits per heavy atom. The summed E-state index contributed by atoms with van der Waals surface area (Å²) in [4.78, 5) is 10.1. The molecule has 3 rings (SSSR count). The Balaban J connectivity index is 2.03. The number of aryl methyl sites for hydroxylation is 1. The summed E-state index contributed by atoms with van der Waals surface area (Å²) in [5, 5.41) is 0. The molecule has 1 aliphatic rings. The standard InChI is InChI=1S/C17H22FN3/c1-3-4-8-21-9-7-15-16(20-11-19-15)17(21)13-10-12(2)5-6-14(13)18/h5-6,10-11,17H,3-4,7-9H2,1-2H3,(H,19,20)/t17-/m1/s1. The second-order valence-corrected chi connectivity index (χ2v) is 5.83. The van der Waals surface area contributed by atoms with Gasteiger partial charge in [-0.1, -0.05) is 31.0 Å². The van der Waals surface area contributed by atoms with Crippen molar-refractivity contribution in [3.8, 4) is 0 Å². The van der Waals surface area contributed by atoms with Gasteiger partial charge in [-0.2, -0.15) is 0 Å². The summed E-state index contributed by atoms with van der Waals surface area (Å²) in [7, 11) is 0. The van der Waals surface area contributed by atoms with Crippen LogP contribution in [0.4, 0.5) is 4.39 Å². The first-order valence-electron chi connectivity index (χ1n) is 7.73. The van der Waals surface area contributed by atoms with Crippen LogP contribution in [-0.4, -0.2) is 28.0 Å². The fraction of sp³-hybridized carbons (Fsp3) is 0.471. The van der Waals surface area contributed by atoms with Gasteiger partial charge in [0.1, 0.15) is 5.82 Å². The summed E-state index contributed by atoms with van der Waals surface area (Å²) in [6.07, 6.45) is 4.97. The number of nitrogens with zero attached hydrogens (tertiary/aromatic N) is 2. The molecule has 1 N–H and O–H groups in total. The normalized spacial score (nSPS) is 18.7. The first-order chi connectivity index (χ1) is 10.2. The molecule has 2 heterocycles. The Hall–Kier alpha value is -1.68. The molecule has 1 aromatic heterocycles. The number of hydrogen-bond acceptors (Lipinski definition) is 2. The largest absolute Gasteiger partial charge is 0.348 e. The van der Waals surface area contributed by atoms with Gasteiger partial charge in [-0.25, -0.2) is 9.37 Å². The highest BCUT2D eigenvalue weighted by Gasteiger charge is 2.32. The lowest BCUT2D eigenvalue weighted by Gasteiger charge is -2.35. The summed E-state index contributed by atoms with van der Waals surface area (Å²) in [6, 6.07) is 5.29. The monoisotopic (exact) mass is 287 g/mol. The predicted molar refractivity (Wildman–Crippen MR) is 81.8 cm³/mol. The van der Waals surface area contributed by atoms with Crippen LogP contribution in [0.3, 0.4) is 0 Å². The van der Waals surface area contributed by atoms with Crippen molar-refractivity contribution in [2.45, 2.75) is 39.2 Å². The molecule has 3 nitrogen and oxygen atoms in total. The zero-order valence-corrected chi connectivity index (χ0v) is 12.7. The highest BCUT2D eigenvalue weighted by Crippen LogP contribution is 2.35. The SMILES string of the molecule is CCCCN1CCc2[nH]cnc2[C@H]1c1cc(C)ccc1F.